The standard InChI is InChI=1S/C15H23BrN2O/c1-11(17)14-7-6-13(9-15(14)16)19-10-12-5-3-4-8-18(12)2/h6-7,9,11-12H,3-5,8,10,17H2,1-2H3. The van der Waals surface area contributed by atoms with Crippen molar-refractivity contribution in [2.24, 2.45) is 5.73 Å². The van der Waals surface area contributed by atoms with Crippen LogP contribution in [0.4, 0.5) is 0 Å². The first-order chi connectivity index (χ1) is 9.08. The number of halogens is 1. The lowest BCUT2D eigenvalue weighted by atomic mass is 10.0. The van der Waals surface area contributed by atoms with E-state index in [4.69, 9.17) is 10.5 Å². The van der Waals surface area contributed by atoms with Gasteiger partial charge in [0.2, 0.25) is 0 Å². The summed E-state index contributed by atoms with van der Waals surface area (Å²) >= 11 is 3.56. The van der Waals surface area contributed by atoms with Crippen LogP contribution in [0, 0.1) is 0 Å². The third-order valence-electron chi connectivity index (χ3n) is 3.83. The minimum Gasteiger partial charge on any atom is -0.492 e. The summed E-state index contributed by atoms with van der Waals surface area (Å²) in [5.41, 5.74) is 7.01. The summed E-state index contributed by atoms with van der Waals surface area (Å²) in [6.07, 6.45) is 3.85. The van der Waals surface area contributed by atoms with E-state index in [2.05, 4.69) is 27.9 Å². The van der Waals surface area contributed by atoms with Crippen LogP contribution in [0.5, 0.6) is 5.75 Å². The van der Waals surface area contributed by atoms with Crippen LogP contribution in [0.25, 0.3) is 0 Å². The van der Waals surface area contributed by atoms with E-state index >= 15 is 0 Å². The number of rotatable bonds is 4. The number of likely N-dealkylation sites (N-methyl/N-ethyl adjacent to an activating group) is 1. The molecule has 2 rings (SSSR count). The van der Waals surface area contributed by atoms with E-state index in [1.165, 1.54) is 25.8 Å². The summed E-state index contributed by atoms with van der Waals surface area (Å²) < 4.78 is 6.94. The molecular weight excluding hydrogens is 304 g/mol. The molecule has 1 aromatic carbocycles. The first kappa shape index (κ1) is 14.8. The van der Waals surface area contributed by atoms with Crippen LogP contribution in [0.15, 0.2) is 22.7 Å². The van der Waals surface area contributed by atoms with Gasteiger partial charge in [0, 0.05) is 16.6 Å². The average molecular weight is 327 g/mol. The van der Waals surface area contributed by atoms with Gasteiger partial charge in [-0.25, -0.2) is 0 Å². The molecule has 0 amide bonds. The predicted molar refractivity (Wildman–Crippen MR) is 82.5 cm³/mol. The number of piperidine rings is 1. The largest absolute Gasteiger partial charge is 0.492 e. The van der Waals surface area contributed by atoms with Crippen molar-refractivity contribution >= 4 is 15.9 Å². The highest BCUT2D eigenvalue weighted by Gasteiger charge is 2.19. The molecule has 0 aliphatic carbocycles. The monoisotopic (exact) mass is 326 g/mol. The van der Waals surface area contributed by atoms with E-state index in [0.29, 0.717) is 6.04 Å². The fraction of sp³-hybridized carbons (Fsp3) is 0.600. The molecule has 1 saturated heterocycles. The molecule has 0 spiro atoms. The lowest BCUT2D eigenvalue weighted by Crippen LogP contribution is -2.40. The van der Waals surface area contributed by atoms with Crippen molar-refractivity contribution in [2.75, 3.05) is 20.2 Å². The van der Waals surface area contributed by atoms with Crippen molar-refractivity contribution in [3.63, 3.8) is 0 Å². The highest BCUT2D eigenvalue weighted by Crippen LogP contribution is 2.27. The van der Waals surface area contributed by atoms with E-state index in [-0.39, 0.29) is 6.04 Å². The van der Waals surface area contributed by atoms with E-state index in [9.17, 15) is 0 Å². The number of hydrogen-bond donors (Lipinski definition) is 1. The molecule has 1 heterocycles. The number of ether oxygens (including phenoxy) is 1. The van der Waals surface area contributed by atoms with Crippen LogP contribution in [-0.2, 0) is 0 Å². The van der Waals surface area contributed by atoms with E-state index in [1.54, 1.807) is 0 Å². The Morgan fingerprint density at radius 3 is 2.89 bits per heavy atom. The number of likely N-dealkylation sites (tertiary alicyclic amines) is 1. The number of nitrogens with two attached hydrogens (primary N) is 1. The fourth-order valence-electron chi connectivity index (χ4n) is 2.51. The van der Waals surface area contributed by atoms with Gasteiger partial charge < -0.3 is 15.4 Å². The van der Waals surface area contributed by atoms with Crippen LogP contribution < -0.4 is 10.5 Å². The van der Waals surface area contributed by atoms with Crippen LogP contribution in [0.1, 0.15) is 37.8 Å². The van der Waals surface area contributed by atoms with Gasteiger partial charge >= 0.3 is 0 Å². The molecule has 4 heteroatoms. The molecule has 0 bridgehead atoms. The predicted octanol–water partition coefficient (Wildman–Crippen LogP) is 3.33. The highest BCUT2D eigenvalue weighted by atomic mass is 79.9. The third kappa shape index (κ3) is 3.94. The van der Waals surface area contributed by atoms with Gasteiger partial charge in [0.25, 0.3) is 0 Å². The lowest BCUT2D eigenvalue weighted by Gasteiger charge is -2.32. The zero-order valence-corrected chi connectivity index (χ0v) is 13.3. The summed E-state index contributed by atoms with van der Waals surface area (Å²) in [4.78, 5) is 2.40. The Hall–Kier alpha value is -0.580. The van der Waals surface area contributed by atoms with Crippen molar-refractivity contribution in [3.8, 4) is 5.75 Å². The van der Waals surface area contributed by atoms with E-state index < -0.39 is 0 Å². The molecule has 1 aliphatic rings. The SMILES string of the molecule is CC(N)c1ccc(OCC2CCCCN2C)cc1Br. The Labute approximate surface area is 124 Å². The summed E-state index contributed by atoms with van der Waals surface area (Å²) in [5.74, 6) is 0.912. The molecule has 2 N–H and O–H groups in total. The number of hydrogen-bond acceptors (Lipinski definition) is 3. The van der Waals surface area contributed by atoms with Gasteiger partial charge in [-0.2, -0.15) is 0 Å². The average Bonchev–Trinajstić information content (AvgIpc) is 2.37. The topological polar surface area (TPSA) is 38.5 Å². The Balaban J connectivity index is 1.94. The van der Waals surface area contributed by atoms with Crippen LogP contribution in [0.2, 0.25) is 0 Å². The highest BCUT2D eigenvalue weighted by molar-refractivity contribution is 9.10. The molecule has 2 unspecified atom stereocenters. The molecule has 1 aromatic rings. The first-order valence-electron chi connectivity index (χ1n) is 6.96. The normalized spacial score (nSPS) is 22.2. The molecule has 1 fully saturated rings. The Bertz CT molecular complexity index is 423. The van der Waals surface area contributed by atoms with Crippen LogP contribution in [-0.4, -0.2) is 31.1 Å². The summed E-state index contributed by atoms with van der Waals surface area (Å²) in [7, 11) is 2.18. The second kappa shape index (κ2) is 6.73. The minimum absolute atomic E-state index is 0.0351. The Morgan fingerprint density at radius 2 is 2.26 bits per heavy atom. The van der Waals surface area contributed by atoms with Crippen molar-refractivity contribution in [1.29, 1.82) is 0 Å². The molecule has 3 nitrogen and oxygen atoms in total. The molecule has 106 valence electrons. The fourth-order valence-corrected chi connectivity index (χ4v) is 3.23. The number of benzene rings is 1. The van der Waals surface area contributed by atoms with Gasteiger partial charge in [0.05, 0.1) is 0 Å². The second-order valence-electron chi connectivity index (χ2n) is 5.41. The molecule has 2 atom stereocenters. The van der Waals surface area contributed by atoms with Crippen molar-refractivity contribution in [1.82, 2.24) is 4.90 Å². The zero-order chi connectivity index (χ0) is 13.8. The van der Waals surface area contributed by atoms with Gasteiger partial charge in [-0.05, 0) is 51.1 Å². The third-order valence-corrected chi connectivity index (χ3v) is 4.51. The molecule has 1 aliphatic heterocycles. The second-order valence-corrected chi connectivity index (χ2v) is 6.27. The minimum atomic E-state index is 0.0351. The van der Waals surface area contributed by atoms with Gasteiger partial charge in [-0.3, -0.25) is 0 Å². The van der Waals surface area contributed by atoms with Gasteiger partial charge in [-0.1, -0.05) is 28.4 Å². The molecule has 0 saturated carbocycles. The van der Waals surface area contributed by atoms with Gasteiger partial charge in [-0.15, -0.1) is 0 Å². The molecule has 0 aromatic heterocycles. The lowest BCUT2D eigenvalue weighted by molar-refractivity contribution is 0.125. The van der Waals surface area contributed by atoms with Crippen molar-refractivity contribution in [2.45, 2.75) is 38.3 Å². The number of nitrogens with zero attached hydrogens (tertiary/aromatic N) is 1. The Morgan fingerprint density at radius 1 is 1.47 bits per heavy atom. The Kier molecular flexibility index (Phi) is 5.25. The summed E-state index contributed by atoms with van der Waals surface area (Å²) in [5, 5.41) is 0. The van der Waals surface area contributed by atoms with Crippen LogP contribution >= 0.6 is 15.9 Å². The molecule has 0 radical (unpaired) electrons. The van der Waals surface area contributed by atoms with E-state index in [0.717, 1.165) is 22.4 Å². The maximum Gasteiger partial charge on any atom is 0.120 e. The van der Waals surface area contributed by atoms with Gasteiger partial charge in [0.15, 0.2) is 0 Å². The molecular formula is C15H23BrN2O. The summed E-state index contributed by atoms with van der Waals surface area (Å²) in [6.45, 7) is 3.93. The smallest absolute Gasteiger partial charge is 0.120 e. The quantitative estimate of drug-likeness (QED) is 0.922. The summed E-state index contributed by atoms with van der Waals surface area (Å²) in [6, 6.07) is 6.64. The zero-order valence-electron chi connectivity index (χ0n) is 11.7. The van der Waals surface area contributed by atoms with Crippen molar-refractivity contribution in [3.05, 3.63) is 28.2 Å². The maximum atomic E-state index is 5.92. The maximum absolute atomic E-state index is 5.92. The first-order valence-corrected chi connectivity index (χ1v) is 7.75. The van der Waals surface area contributed by atoms with E-state index in [1.807, 2.05) is 25.1 Å². The molecule has 19 heavy (non-hydrogen) atoms. The van der Waals surface area contributed by atoms with Crippen LogP contribution in [0.3, 0.4) is 0 Å². The van der Waals surface area contributed by atoms with Crippen molar-refractivity contribution < 1.29 is 4.74 Å². The van der Waals surface area contributed by atoms with Gasteiger partial charge in [0.1, 0.15) is 12.4 Å².